The van der Waals surface area contributed by atoms with Crippen LogP contribution in [0.25, 0.3) is 0 Å². The Kier molecular flexibility index (Phi) is 4.63. The maximum absolute atomic E-state index is 11.7. The number of nitrogens with one attached hydrogen (secondary N) is 1. The number of benzene rings is 1. The van der Waals surface area contributed by atoms with Crippen molar-refractivity contribution in [3.8, 4) is 0 Å². The molecule has 17 heavy (non-hydrogen) atoms. The minimum atomic E-state index is -3.56. The molecule has 0 saturated heterocycles. The number of nitrogens with two attached hydrogens (primary N) is 1. The van der Waals surface area contributed by atoms with Gasteiger partial charge in [-0.25, -0.2) is 26.7 Å². The van der Waals surface area contributed by atoms with Gasteiger partial charge in [0.1, 0.15) is 0 Å². The van der Waals surface area contributed by atoms with E-state index in [-0.39, 0.29) is 23.6 Å². The summed E-state index contributed by atoms with van der Waals surface area (Å²) < 4.78 is 46.9. The Bertz CT molecular complexity index is 552. The van der Waals surface area contributed by atoms with Crippen molar-refractivity contribution >= 4 is 20.0 Å². The summed E-state index contributed by atoms with van der Waals surface area (Å²) in [6.07, 6.45) is 0.144. The van der Waals surface area contributed by atoms with E-state index in [4.69, 9.17) is 5.14 Å². The highest BCUT2D eigenvalue weighted by Gasteiger charge is 2.12. The molecule has 0 aromatic heterocycles. The van der Waals surface area contributed by atoms with Gasteiger partial charge in [-0.1, -0.05) is 18.2 Å². The van der Waals surface area contributed by atoms with Crippen molar-refractivity contribution in [3.05, 3.63) is 30.3 Å². The fourth-order valence-corrected chi connectivity index (χ4v) is 2.80. The predicted molar refractivity (Wildman–Crippen MR) is 64.2 cm³/mol. The van der Waals surface area contributed by atoms with Gasteiger partial charge in [0.05, 0.1) is 10.6 Å². The maximum Gasteiger partial charge on any atom is 0.240 e. The van der Waals surface area contributed by atoms with Crippen LogP contribution in [0.4, 0.5) is 0 Å². The van der Waals surface area contributed by atoms with E-state index < -0.39 is 20.0 Å². The Balaban J connectivity index is 2.53. The molecule has 1 rings (SSSR count). The lowest BCUT2D eigenvalue weighted by Crippen LogP contribution is -2.27. The molecule has 0 aliphatic carbocycles. The van der Waals surface area contributed by atoms with Crippen LogP contribution in [0.2, 0.25) is 0 Å². The summed E-state index contributed by atoms with van der Waals surface area (Å²) in [6.45, 7) is 0.0354. The van der Waals surface area contributed by atoms with Crippen LogP contribution in [0.1, 0.15) is 6.42 Å². The lowest BCUT2D eigenvalue weighted by atomic mass is 10.4. The van der Waals surface area contributed by atoms with Gasteiger partial charge in [0.15, 0.2) is 0 Å². The van der Waals surface area contributed by atoms with Gasteiger partial charge in [-0.3, -0.25) is 0 Å². The van der Waals surface area contributed by atoms with Crippen molar-refractivity contribution in [2.24, 2.45) is 5.14 Å². The molecule has 0 saturated carbocycles. The second-order valence-electron chi connectivity index (χ2n) is 3.43. The minimum absolute atomic E-state index is 0.0354. The zero-order chi connectivity index (χ0) is 12.9. The lowest BCUT2D eigenvalue weighted by Gasteiger charge is -2.05. The normalized spacial score (nSPS) is 12.5. The molecule has 6 nitrogen and oxygen atoms in total. The lowest BCUT2D eigenvalue weighted by molar-refractivity contribution is 0.576. The Morgan fingerprint density at radius 2 is 1.65 bits per heavy atom. The highest BCUT2D eigenvalue weighted by atomic mass is 32.2. The van der Waals surface area contributed by atoms with Gasteiger partial charge in [0, 0.05) is 6.54 Å². The molecule has 0 bridgehead atoms. The number of primary sulfonamides is 1. The summed E-state index contributed by atoms with van der Waals surface area (Å²) in [5.41, 5.74) is 0. The number of rotatable bonds is 6. The van der Waals surface area contributed by atoms with Crippen LogP contribution in [0.3, 0.4) is 0 Å². The van der Waals surface area contributed by atoms with E-state index >= 15 is 0 Å². The molecular weight excluding hydrogens is 264 g/mol. The molecule has 0 fully saturated rings. The minimum Gasteiger partial charge on any atom is -0.229 e. The van der Waals surface area contributed by atoms with Crippen LogP contribution >= 0.6 is 0 Å². The number of sulfonamides is 2. The Morgan fingerprint density at radius 1 is 1.06 bits per heavy atom. The number of hydrogen-bond donors (Lipinski definition) is 2. The summed E-state index contributed by atoms with van der Waals surface area (Å²) in [5.74, 6) is -0.246. The first-order chi connectivity index (χ1) is 7.81. The Labute approximate surface area is 101 Å². The van der Waals surface area contributed by atoms with E-state index in [1.807, 2.05) is 0 Å². The van der Waals surface area contributed by atoms with Crippen LogP contribution in [0, 0.1) is 0 Å². The van der Waals surface area contributed by atoms with Crippen molar-refractivity contribution in [2.75, 3.05) is 12.3 Å². The van der Waals surface area contributed by atoms with Gasteiger partial charge in [-0.15, -0.1) is 0 Å². The van der Waals surface area contributed by atoms with Crippen LogP contribution in [0.5, 0.6) is 0 Å². The third-order valence-electron chi connectivity index (χ3n) is 1.95. The molecular formula is C9H14N2O4S2. The average Bonchev–Trinajstić information content (AvgIpc) is 2.25. The van der Waals surface area contributed by atoms with Crippen molar-refractivity contribution in [2.45, 2.75) is 11.3 Å². The second kappa shape index (κ2) is 5.58. The van der Waals surface area contributed by atoms with Crippen molar-refractivity contribution in [1.82, 2.24) is 4.72 Å². The van der Waals surface area contributed by atoms with Gasteiger partial charge < -0.3 is 0 Å². The Morgan fingerprint density at radius 3 is 2.18 bits per heavy atom. The molecule has 0 atom stereocenters. The first kappa shape index (κ1) is 14.1. The molecule has 96 valence electrons. The molecule has 3 N–H and O–H groups in total. The fraction of sp³-hybridized carbons (Fsp3) is 0.333. The molecule has 0 unspecified atom stereocenters. The molecule has 0 heterocycles. The molecule has 0 aliphatic heterocycles. The third-order valence-corrected chi connectivity index (χ3v) is 4.29. The van der Waals surface area contributed by atoms with Crippen LogP contribution in [0.15, 0.2) is 35.2 Å². The monoisotopic (exact) mass is 278 g/mol. The van der Waals surface area contributed by atoms with E-state index in [0.717, 1.165) is 0 Å². The molecule has 1 aromatic rings. The zero-order valence-electron chi connectivity index (χ0n) is 9.03. The zero-order valence-corrected chi connectivity index (χ0v) is 10.7. The standard InChI is InChI=1S/C9H14N2O4S2/c10-16(12,13)8-4-7-11-17(14,15)9-5-2-1-3-6-9/h1-3,5-6,11H,4,7-8H2,(H2,10,12,13). The van der Waals surface area contributed by atoms with Gasteiger partial charge in [-0.2, -0.15) is 0 Å². The molecule has 8 heteroatoms. The van der Waals surface area contributed by atoms with Crippen molar-refractivity contribution in [3.63, 3.8) is 0 Å². The van der Waals surface area contributed by atoms with Gasteiger partial charge in [0.2, 0.25) is 20.0 Å². The molecule has 0 radical (unpaired) electrons. The maximum atomic E-state index is 11.7. The highest BCUT2D eigenvalue weighted by molar-refractivity contribution is 7.89. The first-order valence-electron chi connectivity index (χ1n) is 4.86. The van der Waals surface area contributed by atoms with E-state index in [0.29, 0.717) is 0 Å². The third kappa shape index (κ3) is 5.26. The number of hydrogen-bond acceptors (Lipinski definition) is 4. The van der Waals surface area contributed by atoms with Crippen molar-refractivity contribution < 1.29 is 16.8 Å². The van der Waals surface area contributed by atoms with E-state index in [1.165, 1.54) is 12.1 Å². The van der Waals surface area contributed by atoms with Gasteiger partial charge in [0.25, 0.3) is 0 Å². The molecule has 1 aromatic carbocycles. The summed E-state index contributed by atoms with van der Waals surface area (Å²) in [7, 11) is -7.10. The smallest absolute Gasteiger partial charge is 0.229 e. The SMILES string of the molecule is NS(=O)(=O)CCCNS(=O)(=O)c1ccccc1. The summed E-state index contributed by atoms with van der Waals surface area (Å²) in [4.78, 5) is 0.149. The molecule has 0 amide bonds. The van der Waals surface area contributed by atoms with E-state index in [1.54, 1.807) is 18.2 Å². The Hall–Kier alpha value is -0.960. The summed E-state index contributed by atoms with van der Waals surface area (Å²) >= 11 is 0. The van der Waals surface area contributed by atoms with Gasteiger partial charge >= 0.3 is 0 Å². The van der Waals surface area contributed by atoms with Crippen LogP contribution < -0.4 is 9.86 Å². The van der Waals surface area contributed by atoms with E-state index in [9.17, 15) is 16.8 Å². The van der Waals surface area contributed by atoms with Gasteiger partial charge in [-0.05, 0) is 18.6 Å². The van der Waals surface area contributed by atoms with E-state index in [2.05, 4.69) is 4.72 Å². The van der Waals surface area contributed by atoms with Crippen molar-refractivity contribution in [1.29, 1.82) is 0 Å². The first-order valence-corrected chi connectivity index (χ1v) is 8.06. The van der Waals surface area contributed by atoms with Crippen LogP contribution in [-0.4, -0.2) is 29.1 Å². The molecule has 0 spiro atoms. The topological polar surface area (TPSA) is 106 Å². The summed E-state index contributed by atoms with van der Waals surface area (Å²) in [5, 5.41) is 4.79. The average molecular weight is 278 g/mol. The largest absolute Gasteiger partial charge is 0.240 e. The molecule has 0 aliphatic rings. The summed E-state index contributed by atoms with van der Waals surface area (Å²) in [6, 6.07) is 7.85. The van der Waals surface area contributed by atoms with Crippen LogP contribution in [-0.2, 0) is 20.0 Å². The predicted octanol–water partition coefficient (Wildman–Crippen LogP) is -0.356. The second-order valence-corrected chi connectivity index (χ2v) is 6.93. The quantitative estimate of drug-likeness (QED) is 0.693. The highest BCUT2D eigenvalue weighted by Crippen LogP contribution is 2.06. The fourth-order valence-electron chi connectivity index (χ4n) is 1.16.